The van der Waals surface area contributed by atoms with Gasteiger partial charge in [0, 0.05) is 13.1 Å². The van der Waals surface area contributed by atoms with Gasteiger partial charge >= 0.3 is 0 Å². The fraction of sp³-hybridized carbons (Fsp3) is 0.333. The first-order valence-electron chi connectivity index (χ1n) is 6.45. The fourth-order valence-electron chi connectivity index (χ4n) is 2.06. The van der Waals surface area contributed by atoms with E-state index in [1.165, 1.54) is 19.1 Å². The number of hydrogen-bond donors (Lipinski definition) is 0. The topological polar surface area (TPSA) is 64.8 Å². The van der Waals surface area contributed by atoms with Crippen molar-refractivity contribution in [3.05, 3.63) is 41.3 Å². The standard InChI is InChI=1S/C15H18N2O4/c1-10-8-11(16-21-10)9-17(2)15(18)14-12(19-3)6-5-7-13(14)20-4/h5-8H,9H2,1-4H3. The van der Waals surface area contributed by atoms with E-state index < -0.39 is 0 Å². The molecule has 0 atom stereocenters. The Morgan fingerprint density at radius 1 is 1.29 bits per heavy atom. The van der Waals surface area contributed by atoms with Gasteiger partial charge in [0.2, 0.25) is 0 Å². The van der Waals surface area contributed by atoms with Crippen molar-refractivity contribution in [1.82, 2.24) is 10.1 Å². The number of carbonyl (C=O) groups excluding carboxylic acids is 1. The molecule has 0 saturated carbocycles. The van der Waals surface area contributed by atoms with Crippen molar-refractivity contribution >= 4 is 5.91 Å². The molecule has 2 aromatic rings. The zero-order chi connectivity index (χ0) is 15.4. The third kappa shape index (κ3) is 3.16. The lowest BCUT2D eigenvalue weighted by molar-refractivity contribution is 0.0775. The highest BCUT2D eigenvalue weighted by Crippen LogP contribution is 2.29. The van der Waals surface area contributed by atoms with Gasteiger partial charge in [-0.1, -0.05) is 11.2 Å². The van der Waals surface area contributed by atoms with Crippen LogP contribution in [0, 0.1) is 6.92 Å². The Morgan fingerprint density at radius 2 is 1.90 bits per heavy atom. The van der Waals surface area contributed by atoms with Gasteiger partial charge in [0.1, 0.15) is 28.5 Å². The van der Waals surface area contributed by atoms with Crippen LogP contribution in [0.5, 0.6) is 11.5 Å². The normalized spacial score (nSPS) is 10.3. The van der Waals surface area contributed by atoms with Gasteiger partial charge in [-0.3, -0.25) is 4.79 Å². The van der Waals surface area contributed by atoms with E-state index in [4.69, 9.17) is 14.0 Å². The lowest BCUT2D eigenvalue weighted by Crippen LogP contribution is -2.27. The maximum atomic E-state index is 12.6. The van der Waals surface area contributed by atoms with Crippen LogP contribution in [-0.4, -0.2) is 37.2 Å². The first kappa shape index (κ1) is 14.9. The molecule has 0 saturated heterocycles. The van der Waals surface area contributed by atoms with E-state index in [2.05, 4.69) is 5.16 Å². The van der Waals surface area contributed by atoms with Crippen LogP contribution in [0.3, 0.4) is 0 Å². The summed E-state index contributed by atoms with van der Waals surface area (Å²) in [6, 6.07) is 7.02. The predicted molar refractivity (Wildman–Crippen MR) is 76.6 cm³/mol. The second-order valence-electron chi connectivity index (χ2n) is 4.63. The molecular formula is C15H18N2O4. The second kappa shape index (κ2) is 6.30. The smallest absolute Gasteiger partial charge is 0.261 e. The second-order valence-corrected chi connectivity index (χ2v) is 4.63. The Hall–Kier alpha value is -2.50. The number of methoxy groups -OCH3 is 2. The summed E-state index contributed by atoms with van der Waals surface area (Å²) in [5.74, 6) is 1.45. The summed E-state index contributed by atoms with van der Waals surface area (Å²) in [6.07, 6.45) is 0. The number of aromatic nitrogens is 1. The van der Waals surface area contributed by atoms with Crippen LogP contribution in [0.2, 0.25) is 0 Å². The SMILES string of the molecule is COc1cccc(OC)c1C(=O)N(C)Cc1cc(C)on1. The summed E-state index contributed by atoms with van der Waals surface area (Å²) in [5, 5.41) is 3.89. The van der Waals surface area contributed by atoms with Crippen LogP contribution in [0.25, 0.3) is 0 Å². The van der Waals surface area contributed by atoms with Crippen LogP contribution in [0.4, 0.5) is 0 Å². The largest absolute Gasteiger partial charge is 0.496 e. The lowest BCUT2D eigenvalue weighted by atomic mass is 10.1. The number of carbonyl (C=O) groups is 1. The molecule has 0 unspecified atom stereocenters. The molecule has 112 valence electrons. The van der Waals surface area contributed by atoms with E-state index in [1.807, 2.05) is 6.92 Å². The van der Waals surface area contributed by atoms with Crippen molar-refractivity contribution in [3.63, 3.8) is 0 Å². The van der Waals surface area contributed by atoms with Crippen LogP contribution in [-0.2, 0) is 6.54 Å². The molecule has 0 aliphatic rings. The maximum absolute atomic E-state index is 12.6. The Kier molecular flexibility index (Phi) is 4.47. The number of amides is 1. The molecule has 1 heterocycles. The summed E-state index contributed by atoms with van der Waals surface area (Å²) < 4.78 is 15.5. The van der Waals surface area contributed by atoms with Crippen molar-refractivity contribution in [2.75, 3.05) is 21.3 Å². The molecular weight excluding hydrogens is 272 g/mol. The first-order valence-corrected chi connectivity index (χ1v) is 6.45. The van der Waals surface area contributed by atoms with E-state index in [0.717, 1.165) is 0 Å². The van der Waals surface area contributed by atoms with Gasteiger partial charge in [-0.05, 0) is 19.1 Å². The van der Waals surface area contributed by atoms with Gasteiger partial charge in [-0.15, -0.1) is 0 Å². The molecule has 2 rings (SSSR count). The van der Waals surface area contributed by atoms with Gasteiger partial charge < -0.3 is 18.9 Å². The third-order valence-corrected chi connectivity index (χ3v) is 3.06. The molecule has 0 aliphatic carbocycles. The monoisotopic (exact) mass is 290 g/mol. The fourth-order valence-corrected chi connectivity index (χ4v) is 2.06. The zero-order valence-electron chi connectivity index (χ0n) is 12.5. The van der Waals surface area contributed by atoms with E-state index in [0.29, 0.717) is 35.1 Å². The van der Waals surface area contributed by atoms with E-state index >= 15 is 0 Å². The minimum Gasteiger partial charge on any atom is -0.496 e. The minimum absolute atomic E-state index is 0.204. The zero-order valence-corrected chi connectivity index (χ0v) is 12.5. The molecule has 0 N–H and O–H groups in total. The van der Waals surface area contributed by atoms with Crippen LogP contribution >= 0.6 is 0 Å². The van der Waals surface area contributed by atoms with E-state index in [1.54, 1.807) is 31.3 Å². The van der Waals surface area contributed by atoms with E-state index in [-0.39, 0.29) is 5.91 Å². The lowest BCUT2D eigenvalue weighted by Gasteiger charge is -2.19. The van der Waals surface area contributed by atoms with Gasteiger partial charge in [0.15, 0.2) is 0 Å². The summed E-state index contributed by atoms with van der Waals surface area (Å²) >= 11 is 0. The number of aryl methyl sites for hydroxylation is 1. The highest BCUT2D eigenvalue weighted by Gasteiger charge is 2.22. The summed E-state index contributed by atoms with van der Waals surface area (Å²) in [4.78, 5) is 14.2. The third-order valence-electron chi connectivity index (χ3n) is 3.06. The van der Waals surface area contributed by atoms with Gasteiger partial charge in [0.05, 0.1) is 20.8 Å². The number of hydrogen-bond acceptors (Lipinski definition) is 5. The molecule has 1 aromatic carbocycles. The van der Waals surface area contributed by atoms with Crippen molar-refractivity contribution in [1.29, 1.82) is 0 Å². The Morgan fingerprint density at radius 3 is 2.38 bits per heavy atom. The number of benzene rings is 1. The number of nitrogens with zero attached hydrogens (tertiary/aromatic N) is 2. The Labute approximate surface area is 123 Å². The molecule has 1 amide bonds. The average molecular weight is 290 g/mol. The van der Waals surface area contributed by atoms with Crippen molar-refractivity contribution in [2.24, 2.45) is 0 Å². The number of ether oxygens (including phenoxy) is 2. The van der Waals surface area contributed by atoms with Crippen LogP contribution in [0.1, 0.15) is 21.8 Å². The maximum Gasteiger partial charge on any atom is 0.261 e. The molecule has 0 radical (unpaired) electrons. The minimum atomic E-state index is -0.204. The molecule has 21 heavy (non-hydrogen) atoms. The van der Waals surface area contributed by atoms with Crippen LogP contribution < -0.4 is 9.47 Å². The average Bonchev–Trinajstić information content (AvgIpc) is 2.90. The quantitative estimate of drug-likeness (QED) is 0.845. The molecule has 0 bridgehead atoms. The van der Waals surface area contributed by atoms with E-state index in [9.17, 15) is 4.79 Å². The van der Waals surface area contributed by atoms with Crippen LogP contribution in [0.15, 0.2) is 28.8 Å². The predicted octanol–water partition coefficient (Wildman–Crippen LogP) is 2.27. The van der Waals surface area contributed by atoms with Crippen molar-refractivity contribution < 1.29 is 18.8 Å². The summed E-state index contributed by atoms with van der Waals surface area (Å²) in [5.41, 5.74) is 1.09. The highest BCUT2D eigenvalue weighted by atomic mass is 16.5. The van der Waals surface area contributed by atoms with Crippen molar-refractivity contribution in [2.45, 2.75) is 13.5 Å². The molecule has 1 aromatic heterocycles. The molecule has 6 heteroatoms. The number of rotatable bonds is 5. The van der Waals surface area contributed by atoms with Gasteiger partial charge in [-0.25, -0.2) is 0 Å². The van der Waals surface area contributed by atoms with Gasteiger partial charge in [0.25, 0.3) is 5.91 Å². The van der Waals surface area contributed by atoms with Gasteiger partial charge in [-0.2, -0.15) is 0 Å². The molecule has 6 nitrogen and oxygen atoms in total. The molecule has 0 fully saturated rings. The summed E-state index contributed by atoms with van der Waals surface area (Å²) in [6.45, 7) is 2.15. The Balaban J connectivity index is 2.26. The summed E-state index contributed by atoms with van der Waals surface area (Å²) in [7, 11) is 4.73. The molecule has 0 aliphatic heterocycles. The van der Waals surface area contributed by atoms with Crippen molar-refractivity contribution in [3.8, 4) is 11.5 Å². The first-order chi connectivity index (χ1) is 10.1. The highest BCUT2D eigenvalue weighted by molar-refractivity contribution is 5.99. The molecule has 0 spiro atoms. The Bertz CT molecular complexity index is 614.